The molecule has 0 radical (unpaired) electrons. The summed E-state index contributed by atoms with van der Waals surface area (Å²) in [4.78, 5) is 16.3. The van der Waals surface area contributed by atoms with Crippen LogP contribution in [0.2, 0.25) is 0 Å². The molecule has 0 unspecified atom stereocenters. The van der Waals surface area contributed by atoms with E-state index >= 15 is 0 Å². The van der Waals surface area contributed by atoms with Crippen LogP contribution in [0, 0.1) is 13.8 Å². The lowest BCUT2D eigenvalue weighted by atomic mass is 10.2. The Balaban J connectivity index is 1.63. The molecule has 1 aromatic carbocycles. The van der Waals surface area contributed by atoms with E-state index in [2.05, 4.69) is 36.5 Å². The molecule has 1 N–H and O–H groups in total. The normalized spacial score (nSPS) is 10.8. The molecule has 0 fully saturated rings. The number of ether oxygens (including phenoxy) is 1. The van der Waals surface area contributed by atoms with Crippen LogP contribution in [-0.2, 0) is 13.1 Å². The first kappa shape index (κ1) is 18.1. The van der Waals surface area contributed by atoms with Crippen molar-refractivity contribution >= 4 is 21.8 Å². The number of halogens is 1. The van der Waals surface area contributed by atoms with Crippen LogP contribution in [0.4, 0.5) is 0 Å². The van der Waals surface area contributed by atoms with Gasteiger partial charge in [0.2, 0.25) is 0 Å². The van der Waals surface area contributed by atoms with E-state index in [0.29, 0.717) is 18.9 Å². The molecule has 0 saturated carbocycles. The molecule has 136 valence electrons. The first-order valence-electron chi connectivity index (χ1n) is 7.91. The number of aromatic nitrogens is 4. The second-order valence-electron chi connectivity index (χ2n) is 5.69. The third-order valence-electron chi connectivity index (χ3n) is 3.83. The third kappa shape index (κ3) is 3.93. The molecule has 9 heteroatoms. The van der Waals surface area contributed by atoms with E-state index < -0.39 is 5.91 Å². The predicted molar refractivity (Wildman–Crippen MR) is 97.0 cm³/mol. The molecule has 0 aliphatic heterocycles. The van der Waals surface area contributed by atoms with E-state index in [0.717, 1.165) is 27.2 Å². The Morgan fingerprint density at radius 1 is 1.38 bits per heavy atom. The summed E-state index contributed by atoms with van der Waals surface area (Å²) in [6.07, 6.45) is 0. The molecule has 0 aliphatic rings. The Bertz CT molecular complexity index is 934. The molecule has 0 saturated heterocycles. The highest BCUT2D eigenvalue weighted by molar-refractivity contribution is 9.10. The van der Waals surface area contributed by atoms with E-state index in [1.807, 2.05) is 38.1 Å². The molecule has 1 amide bonds. The lowest BCUT2D eigenvalue weighted by molar-refractivity contribution is 0.0907. The highest BCUT2D eigenvalue weighted by Crippen LogP contribution is 2.20. The number of hydrogen-bond donors (Lipinski definition) is 1. The SMILES string of the molecule is COc1cccc(CNC(=O)c2nc(Cn3nc(C)c(Br)c3C)no2)c1. The number of aryl methyl sites for hydroxylation is 1. The first-order valence-corrected chi connectivity index (χ1v) is 8.70. The van der Waals surface area contributed by atoms with Gasteiger partial charge in [0.1, 0.15) is 12.3 Å². The van der Waals surface area contributed by atoms with E-state index in [1.54, 1.807) is 11.8 Å². The molecule has 3 aromatic rings. The molecule has 26 heavy (non-hydrogen) atoms. The maximum absolute atomic E-state index is 12.2. The fraction of sp³-hybridized carbons (Fsp3) is 0.294. The van der Waals surface area contributed by atoms with Crippen molar-refractivity contribution in [2.45, 2.75) is 26.9 Å². The molecule has 0 aliphatic carbocycles. The largest absolute Gasteiger partial charge is 0.497 e. The lowest BCUT2D eigenvalue weighted by Crippen LogP contribution is -2.23. The Morgan fingerprint density at radius 3 is 2.88 bits per heavy atom. The standard InChI is InChI=1S/C17H18BrN5O3/c1-10-15(18)11(2)23(21-10)9-14-20-17(26-22-14)16(24)19-8-12-5-4-6-13(7-12)25-3/h4-7H,8-9H2,1-3H3,(H,19,24). The van der Waals surface area contributed by atoms with Gasteiger partial charge in [-0.25, -0.2) is 0 Å². The fourth-order valence-corrected chi connectivity index (χ4v) is 2.70. The Morgan fingerprint density at radius 2 is 2.19 bits per heavy atom. The van der Waals surface area contributed by atoms with Gasteiger partial charge in [-0.15, -0.1) is 0 Å². The predicted octanol–water partition coefficient (Wildman–Crippen LogP) is 2.63. The number of carbonyl (C=O) groups excluding carboxylic acids is 1. The maximum Gasteiger partial charge on any atom is 0.316 e. The Labute approximate surface area is 158 Å². The van der Waals surface area contributed by atoms with Crippen molar-refractivity contribution in [1.82, 2.24) is 25.2 Å². The quantitative estimate of drug-likeness (QED) is 0.659. The number of amides is 1. The van der Waals surface area contributed by atoms with Gasteiger partial charge in [0.05, 0.1) is 23.0 Å². The summed E-state index contributed by atoms with van der Waals surface area (Å²) < 4.78 is 12.9. The zero-order valence-electron chi connectivity index (χ0n) is 14.6. The van der Waals surface area contributed by atoms with Crippen molar-refractivity contribution in [2.75, 3.05) is 7.11 Å². The molecule has 8 nitrogen and oxygen atoms in total. The summed E-state index contributed by atoms with van der Waals surface area (Å²) >= 11 is 3.47. The van der Waals surface area contributed by atoms with Crippen molar-refractivity contribution in [3.05, 3.63) is 57.4 Å². The summed E-state index contributed by atoms with van der Waals surface area (Å²) in [6.45, 7) is 4.50. The van der Waals surface area contributed by atoms with Gasteiger partial charge in [0.15, 0.2) is 5.82 Å². The molecule has 0 atom stereocenters. The molecule has 0 bridgehead atoms. The molecule has 2 aromatic heterocycles. The van der Waals surface area contributed by atoms with Crippen molar-refractivity contribution < 1.29 is 14.1 Å². The first-order chi connectivity index (χ1) is 12.5. The monoisotopic (exact) mass is 419 g/mol. The van der Waals surface area contributed by atoms with E-state index in [9.17, 15) is 4.79 Å². The number of carbonyl (C=O) groups is 1. The van der Waals surface area contributed by atoms with Gasteiger partial charge in [-0.3, -0.25) is 9.48 Å². The van der Waals surface area contributed by atoms with Crippen molar-refractivity contribution in [1.29, 1.82) is 0 Å². The van der Waals surface area contributed by atoms with E-state index in [-0.39, 0.29) is 5.89 Å². The molecular weight excluding hydrogens is 402 g/mol. The summed E-state index contributed by atoms with van der Waals surface area (Å²) in [5.41, 5.74) is 2.74. The second kappa shape index (κ2) is 7.69. The van der Waals surface area contributed by atoms with Crippen molar-refractivity contribution in [3.63, 3.8) is 0 Å². The number of nitrogens with one attached hydrogen (secondary N) is 1. The van der Waals surface area contributed by atoms with Gasteiger partial charge >= 0.3 is 11.8 Å². The van der Waals surface area contributed by atoms with Crippen LogP contribution in [0.1, 0.15) is 33.5 Å². The smallest absolute Gasteiger partial charge is 0.316 e. The molecule has 2 heterocycles. The minimum absolute atomic E-state index is 0.0801. The summed E-state index contributed by atoms with van der Waals surface area (Å²) in [7, 11) is 1.60. The molecule has 3 rings (SSSR count). The van der Waals surface area contributed by atoms with Crippen LogP contribution >= 0.6 is 15.9 Å². The number of hydrogen-bond acceptors (Lipinski definition) is 6. The number of methoxy groups -OCH3 is 1. The average Bonchev–Trinajstić information content (AvgIpc) is 3.21. The number of benzene rings is 1. The van der Waals surface area contributed by atoms with Crippen LogP contribution in [0.5, 0.6) is 5.75 Å². The van der Waals surface area contributed by atoms with Gasteiger partial charge in [0.25, 0.3) is 0 Å². The van der Waals surface area contributed by atoms with Gasteiger partial charge in [-0.2, -0.15) is 10.1 Å². The minimum atomic E-state index is -0.430. The topological polar surface area (TPSA) is 95.1 Å². The average molecular weight is 420 g/mol. The van der Waals surface area contributed by atoms with Crippen LogP contribution in [0.25, 0.3) is 0 Å². The lowest BCUT2D eigenvalue weighted by Gasteiger charge is -2.04. The number of nitrogens with zero attached hydrogens (tertiary/aromatic N) is 4. The van der Waals surface area contributed by atoms with Gasteiger partial charge in [-0.1, -0.05) is 17.3 Å². The van der Waals surface area contributed by atoms with E-state index in [4.69, 9.17) is 9.26 Å². The highest BCUT2D eigenvalue weighted by atomic mass is 79.9. The van der Waals surface area contributed by atoms with Crippen molar-refractivity contribution in [3.8, 4) is 5.75 Å². The van der Waals surface area contributed by atoms with Crippen LogP contribution in [-0.4, -0.2) is 32.9 Å². The van der Waals surface area contributed by atoms with Crippen LogP contribution in [0.3, 0.4) is 0 Å². The summed E-state index contributed by atoms with van der Waals surface area (Å²) in [5, 5.41) is 11.0. The van der Waals surface area contributed by atoms with Crippen molar-refractivity contribution in [2.24, 2.45) is 0 Å². The fourth-order valence-electron chi connectivity index (χ4n) is 2.41. The zero-order valence-corrected chi connectivity index (χ0v) is 16.2. The number of rotatable bonds is 6. The molecule has 0 spiro atoms. The van der Waals surface area contributed by atoms with Crippen LogP contribution < -0.4 is 10.1 Å². The Kier molecular flexibility index (Phi) is 5.36. The van der Waals surface area contributed by atoms with Crippen LogP contribution in [0.15, 0.2) is 33.3 Å². The van der Waals surface area contributed by atoms with Gasteiger partial charge in [0, 0.05) is 6.54 Å². The minimum Gasteiger partial charge on any atom is -0.497 e. The summed E-state index contributed by atoms with van der Waals surface area (Å²) in [6, 6.07) is 7.44. The summed E-state index contributed by atoms with van der Waals surface area (Å²) in [5.74, 6) is 0.604. The highest BCUT2D eigenvalue weighted by Gasteiger charge is 2.17. The maximum atomic E-state index is 12.2. The van der Waals surface area contributed by atoms with E-state index in [1.165, 1.54) is 0 Å². The zero-order chi connectivity index (χ0) is 18.7. The third-order valence-corrected chi connectivity index (χ3v) is 4.98. The van der Waals surface area contributed by atoms with Gasteiger partial charge in [-0.05, 0) is 47.5 Å². The second-order valence-corrected chi connectivity index (χ2v) is 6.49. The van der Waals surface area contributed by atoms with Gasteiger partial charge < -0.3 is 14.6 Å². The molecular formula is C17H18BrN5O3. The Hall–Kier alpha value is -2.68.